The zero-order valence-electron chi connectivity index (χ0n) is 13.5. The molecule has 0 saturated carbocycles. The van der Waals surface area contributed by atoms with Gasteiger partial charge in [0.15, 0.2) is 16.6 Å². The van der Waals surface area contributed by atoms with E-state index in [2.05, 4.69) is 15.6 Å². The molecule has 0 bridgehead atoms. The van der Waals surface area contributed by atoms with Gasteiger partial charge in [0, 0.05) is 17.5 Å². The van der Waals surface area contributed by atoms with Crippen LogP contribution >= 0.6 is 11.3 Å². The number of carbonyl (C=O) groups is 1. The first-order valence-corrected chi connectivity index (χ1v) is 8.70. The second kappa shape index (κ2) is 7.01. The number of nitrogens with one attached hydrogen (secondary N) is 2. The molecule has 4 rings (SSSR count). The lowest BCUT2D eigenvalue weighted by atomic mass is 10.1. The van der Waals surface area contributed by atoms with E-state index < -0.39 is 0 Å². The predicted molar refractivity (Wildman–Crippen MR) is 95.9 cm³/mol. The molecule has 0 aliphatic carbocycles. The predicted octanol–water partition coefficient (Wildman–Crippen LogP) is 4.00. The van der Waals surface area contributed by atoms with Gasteiger partial charge in [0.1, 0.15) is 5.82 Å². The Morgan fingerprint density at radius 2 is 1.96 bits per heavy atom. The summed E-state index contributed by atoms with van der Waals surface area (Å²) in [6, 6.07) is 11.2. The quantitative estimate of drug-likeness (QED) is 0.727. The number of hydrogen-bond acceptors (Lipinski definition) is 5. The molecule has 0 saturated heterocycles. The van der Waals surface area contributed by atoms with Gasteiger partial charge in [0.25, 0.3) is 0 Å². The molecule has 8 heteroatoms. The Morgan fingerprint density at radius 1 is 1.15 bits per heavy atom. The first kappa shape index (κ1) is 16.3. The average Bonchev–Trinajstić information content (AvgIpc) is 3.29. The van der Waals surface area contributed by atoms with Crippen molar-refractivity contribution in [3.8, 4) is 22.8 Å². The van der Waals surface area contributed by atoms with Crippen molar-refractivity contribution < 1.29 is 18.7 Å². The molecule has 0 fully saturated rings. The summed E-state index contributed by atoms with van der Waals surface area (Å²) in [4.78, 5) is 16.4. The Bertz CT molecular complexity index is 943. The number of nitrogens with zero attached hydrogens (tertiary/aromatic N) is 1. The summed E-state index contributed by atoms with van der Waals surface area (Å²) in [5, 5.41) is 7.74. The van der Waals surface area contributed by atoms with Crippen molar-refractivity contribution in [1.29, 1.82) is 0 Å². The molecule has 132 valence electrons. The Balaban J connectivity index is 1.37. The van der Waals surface area contributed by atoms with Crippen LogP contribution in [-0.2, 0) is 6.54 Å². The monoisotopic (exact) mass is 371 g/mol. The number of urea groups is 1. The number of benzene rings is 2. The van der Waals surface area contributed by atoms with Crippen molar-refractivity contribution >= 4 is 22.5 Å². The van der Waals surface area contributed by atoms with Crippen LogP contribution in [0.1, 0.15) is 5.56 Å². The van der Waals surface area contributed by atoms with Gasteiger partial charge in [0.2, 0.25) is 6.79 Å². The first-order valence-electron chi connectivity index (χ1n) is 7.82. The molecule has 0 unspecified atom stereocenters. The maximum absolute atomic E-state index is 12.9. The average molecular weight is 371 g/mol. The van der Waals surface area contributed by atoms with Crippen molar-refractivity contribution in [2.75, 3.05) is 12.1 Å². The molecule has 0 spiro atoms. The highest BCUT2D eigenvalue weighted by atomic mass is 32.1. The second-order valence-corrected chi connectivity index (χ2v) is 6.40. The van der Waals surface area contributed by atoms with Crippen molar-refractivity contribution in [3.63, 3.8) is 0 Å². The van der Waals surface area contributed by atoms with E-state index in [0.717, 1.165) is 16.8 Å². The van der Waals surface area contributed by atoms with E-state index in [1.54, 1.807) is 12.1 Å². The van der Waals surface area contributed by atoms with Crippen molar-refractivity contribution in [2.45, 2.75) is 6.54 Å². The summed E-state index contributed by atoms with van der Waals surface area (Å²) in [6.45, 7) is 0.517. The third-order valence-electron chi connectivity index (χ3n) is 3.76. The highest BCUT2D eigenvalue weighted by Gasteiger charge is 2.15. The van der Waals surface area contributed by atoms with Gasteiger partial charge in [-0.25, -0.2) is 14.2 Å². The van der Waals surface area contributed by atoms with Gasteiger partial charge in [-0.3, -0.25) is 5.32 Å². The Morgan fingerprint density at radius 3 is 2.81 bits per heavy atom. The molecule has 2 aromatic carbocycles. The fourth-order valence-corrected chi connectivity index (χ4v) is 3.16. The summed E-state index contributed by atoms with van der Waals surface area (Å²) in [5.74, 6) is 1.08. The number of anilines is 1. The van der Waals surface area contributed by atoms with Gasteiger partial charge in [-0.05, 0) is 35.9 Å². The third kappa shape index (κ3) is 3.60. The summed E-state index contributed by atoms with van der Waals surface area (Å²) < 4.78 is 23.5. The van der Waals surface area contributed by atoms with Gasteiger partial charge in [-0.1, -0.05) is 12.1 Å². The Hall–Kier alpha value is -3.13. The van der Waals surface area contributed by atoms with Crippen molar-refractivity contribution in [1.82, 2.24) is 10.3 Å². The third-order valence-corrected chi connectivity index (χ3v) is 4.52. The maximum Gasteiger partial charge on any atom is 0.321 e. The minimum absolute atomic E-state index is 0.219. The number of amides is 2. The van der Waals surface area contributed by atoms with Gasteiger partial charge in [-0.15, -0.1) is 11.3 Å². The topological polar surface area (TPSA) is 72.5 Å². The van der Waals surface area contributed by atoms with Crippen LogP contribution in [0.2, 0.25) is 0 Å². The fourth-order valence-electron chi connectivity index (χ4n) is 2.45. The molecule has 1 aliphatic rings. The second-order valence-electron chi connectivity index (χ2n) is 5.54. The Labute approximate surface area is 152 Å². The number of aromatic nitrogens is 1. The van der Waals surface area contributed by atoms with Crippen LogP contribution in [0.3, 0.4) is 0 Å². The highest BCUT2D eigenvalue weighted by molar-refractivity contribution is 7.14. The normalized spacial score (nSPS) is 12.0. The van der Waals surface area contributed by atoms with Crippen LogP contribution in [-0.4, -0.2) is 17.8 Å². The van der Waals surface area contributed by atoms with Gasteiger partial charge in [-0.2, -0.15) is 0 Å². The molecule has 0 atom stereocenters. The number of rotatable bonds is 4. The molecular weight excluding hydrogens is 357 g/mol. The zero-order chi connectivity index (χ0) is 17.9. The molecule has 26 heavy (non-hydrogen) atoms. The number of fused-ring (bicyclic) bond motifs is 1. The number of hydrogen-bond donors (Lipinski definition) is 2. The van der Waals surface area contributed by atoms with Gasteiger partial charge < -0.3 is 14.8 Å². The van der Waals surface area contributed by atoms with Crippen LogP contribution in [0, 0.1) is 5.82 Å². The zero-order valence-corrected chi connectivity index (χ0v) is 14.3. The van der Waals surface area contributed by atoms with E-state index >= 15 is 0 Å². The molecule has 2 heterocycles. The molecule has 3 aromatic rings. The van der Waals surface area contributed by atoms with E-state index in [-0.39, 0.29) is 18.6 Å². The maximum atomic E-state index is 12.9. The number of halogens is 1. The summed E-state index contributed by atoms with van der Waals surface area (Å²) in [6.07, 6.45) is 0. The molecule has 1 aliphatic heterocycles. The summed E-state index contributed by atoms with van der Waals surface area (Å²) >= 11 is 1.32. The van der Waals surface area contributed by atoms with E-state index in [0.29, 0.717) is 23.2 Å². The number of carbonyl (C=O) groups excluding carboxylic acids is 1. The minimum atomic E-state index is -0.374. The van der Waals surface area contributed by atoms with Crippen LogP contribution in [0.15, 0.2) is 47.8 Å². The highest BCUT2D eigenvalue weighted by Crippen LogP contribution is 2.36. The van der Waals surface area contributed by atoms with Crippen LogP contribution in [0.25, 0.3) is 11.3 Å². The van der Waals surface area contributed by atoms with Gasteiger partial charge >= 0.3 is 6.03 Å². The van der Waals surface area contributed by atoms with Crippen molar-refractivity contribution in [2.24, 2.45) is 0 Å². The lowest BCUT2D eigenvalue weighted by Crippen LogP contribution is -2.28. The van der Waals surface area contributed by atoms with Crippen LogP contribution in [0.4, 0.5) is 14.3 Å². The molecule has 2 amide bonds. The summed E-state index contributed by atoms with van der Waals surface area (Å²) in [7, 11) is 0. The Kier molecular flexibility index (Phi) is 4.40. The minimum Gasteiger partial charge on any atom is -0.454 e. The van der Waals surface area contributed by atoms with Crippen molar-refractivity contribution in [3.05, 3.63) is 59.2 Å². The van der Waals surface area contributed by atoms with E-state index in [4.69, 9.17) is 9.47 Å². The van der Waals surface area contributed by atoms with Crippen LogP contribution in [0.5, 0.6) is 11.5 Å². The number of ether oxygens (including phenoxy) is 2. The molecule has 2 N–H and O–H groups in total. The lowest BCUT2D eigenvalue weighted by molar-refractivity contribution is 0.174. The molecule has 1 aromatic heterocycles. The fraction of sp³-hybridized carbons (Fsp3) is 0.111. The first-order chi connectivity index (χ1) is 12.7. The smallest absolute Gasteiger partial charge is 0.321 e. The SMILES string of the molecule is O=C(NCc1ccc(F)cc1)Nc1nc(-c2ccc3c(c2)OCO3)cs1. The van der Waals surface area contributed by atoms with Crippen LogP contribution < -0.4 is 20.1 Å². The molecule has 6 nitrogen and oxygen atoms in total. The largest absolute Gasteiger partial charge is 0.454 e. The standard InChI is InChI=1S/C18H14FN3O3S/c19-13-4-1-11(2-5-13)8-20-17(23)22-18-21-14(9-26-18)12-3-6-15-16(7-12)25-10-24-15/h1-7,9H,8,10H2,(H2,20,21,22,23). The van der Waals surface area contributed by atoms with E-state index in [9.17, 15) is 9.18 Å². The van der Waals surface area contributed by atoms with E-state index in [1.165, 1.54) is 23.5 Å². The van der Waals surface area contributed by atoms with Gasteiger partial charge in [0.05, 0.1) is 5.69 Å². The summed E-state index contributed by atoms with van der Waals surface area (Å²) in [5.41, 5.74) is 2.43. The lowest BCUT2D eigenvalue weighted by Gasteiger charge is -2.05. The molecular formula is C18H14FN3O3S. The molecule has 0 radical (unpaired) electrons. The number of thiazole rings is 1. The van der Waals surface area contributed by atoms with E-state index in [1.807, 2.05) is 23.6 Å².